The van der Waals surface area contributed by atoms with Gasteiger partial charge in [-0.25, -0.2) is 0 Å². The van der Waals surface area contributed by atoms with Crippen LogP contribution >= 0.6 is 0 Å². The number of pyridine rings is 1. The van der Waals surface area contributed by atoms with Gasteiger partial charge < -0.3 is 15.5 Å². The Morgan fingerprint density at radius 3 is 2.29 bits per heavy atom. The number of amides is 2. The van der Waals surface area contributed by atoms with Crippen molar-refractivity contribution in [2.24, 2.45) is 0 Å². The number of benzene rings is 3. The lowest BCUT2D eigenvalue weighted by Gasteiger charge is -2.23. The van der Waals surface area contributed by atoms with E-state index in [0.717, 1.165) is 36.5 Å². The van der Waals surface area contributed by atoms with E-state index in [1.54, 1.807) is 18.2 Å². The summed E-state index contributed by atoms with van der Waals surface area (Å²) >= 11 is 0. The standard InChI is InChI=1S/C32H31F3N4O2/c1-4-39(5-2)26-12-13-28(38-31(41)23-10-6-8-21(3)16-23)27(19-26)29-18-24(14-15-36-29)30(40)37-20-22-9-7-11-25(17-22)32(33,34)35/h6-19H,4-5,20H2,1-3H3,(H,37,40)(H,38,41). The number of aromatic nitrogens is 1. The molecule has 2 N–H and O–H groups in total. The second-order valence-electron chi connectivity index (χ2n) is 9.54. The Labute approximate surface area is 237 Å². The van der Waals surface area contributed by atoms with Crippen molar-refractivity contribution >= 4 is 23.2 Å². The quantitative estimate of drug-likeness (QED) is 0.229. The van der Waals surface area contributed by atoms with Crippen LogP contribution in [0.15, 0.2) is 85.1 Å². The highest BCUT2D eigenvalue weighted by Gasteiger charge is 2.30. The van der Waals surface area contributed by atoms with Gasteiger partial charge in [0.2, 0.25) is 0 Å². The first-order chi connectivity index (χ1) is 19.6. The Balaban J connectivity index is 1.63. The number of aryl methyl sites for hydroxylation is 1. The molecule has 0 spiro atoms. The van der Waals surface area contributed by atoms with E-state index in [-0.39, 0.29) is 18.0 Å². The highest BCUT2D eigenvalue weighted by Crippen LogP contribution is 2.32. The van der Waals surface area contributed by atoms with E-state index in [1.807, 2.05) is 51.1 Å². The fourth-order valence-corrected chi connectivity index (χ4v) is 4.48. The van der Waals surface area contributed by atoms with E-state index < -0.39 is 17.6 Å². The number of nitrogens with zero attached hydrogens (tertiary/aromatic N) is 2. The third-order valence-electron chi connectivity index (χ3n) is 6.67. The van der Waals surface area contributed by atoms with Crippen molar-refractivity contribution in [3.8, 4) is 11.3 Å². The summed E-state index contributed by atoms with van der Waals surface area (Å²) in [5, 5.41) is 5.66. The highest BCUT2D eigenvalue weighted by molar-refractivity contribution is 6.06. The zero-order valence-electron chi connectivity index (χ0n) is 23.0. The molecule has 4 rings (SSSR count). The number of hydrogen-bond acceptors (Lipinski definition) is 4. The van der Waals surface area contributed by atoms with Crippen LogP contribution in [-0.2, 0) is 12.7 Å². The maximum absolute atomic E-state index is 13.1. The molecule has 0 aliphatic carbocycles. The summed E-state index contributed by atoms with van der Waals surface area (Å²) in [5.41, 5.74) is 3.86. The smallest absolute Gasteiger partial charge is 0.372 e. The Morgan fingerprint density at radius 2 is 1.59 bits per heavy atom. The molecular weight excluding hydrogens is 529 g/mol. The van der Waals surface area contributed by atoms with Crippen LogP contribution in [0.2, 0.25) is 0 Å². The van der Waals surface area contributed by atoms with Crippen LogP contribution in [0.5, 0.6) is 0 Å². The van der Waals surface area contributed by atoms with Gasteiger partial charge >= 0.3 is 6.18 Å². The molecule has 41 heavy (non-hydrogen) atoms. The van der Waals surface area contributed by atoms with Crippen LogP contribution in [0.3, 0.4) is 0 Å². The number of carbonyl (C=O) groups is 2. The van der Waals surface area contributed by atoms with Crippen LogP contribution in [0, 0.1) is 6.92 Å². The van der Waals surface area contributed by atoms with Crippen LogP contribution in [0.25, 0.3) is 11.3 Å². The molecule has 0 saturated carbocycles. The molecule has 0 saturated heterocycles. The second kappa shape index (κ2) is 12.7. The van der Waals surface area contributed by atoms with E-state index in [1.165, 1.54) is 24.4 Å². The van der Waals surface area contributed by atoms with E-state index in [0.29, 0.717) is 28.1 Å². The molecule has 0 fully saturated rings. The van der Waals surface area contributed by atoms with E-state index in [4.69, 9.17) is 0 Å². The molecule has 0 atom stereocenters. The molecule has 0 aliphatic rings. The largest absolute Gasteiger partial charge is 0.416 e. The van der Waals surface area contributed by atoms with Gasteiger partial charge in [-0.2, -0.15) is 13.2 Å². The molecule has 1 heterocycles. The Bertz CT molecular complexity index is 1550. The number of hydrogen-bond donors (Lipinski definition) is 2. The van der Waals surface area contributed by atoms with Gasteiger partial charge in [-0.3, -0.25) is 14.6 Å². The molecule has 0 unspecified atom stereocenters. The molecule has 0 bridgehead atoms. The number of carbonyl (C=O) groups excluding carboxylic acids is 2. The summed E-state index contributed by atoms with van der Waals surface area (Å²) in [6, 6.07) is 20.9. The average molecular weight is 561 g/mol. The van der Waals surface area contributed by atoms with Crippen molar-refractivity contribution in [1.82, 2.24) is 10.3 Å². The van der Waals surface area contributed by atoms with Gasteiger partial charge in [-0.15, -0.1) is 0 Å². The topological polar surface area (TPSA) is 74.3 Å². The van der Waals surface area contributed by atoms with E-state index >= 15 is 0 Å². The van der Waals surface area contributed by atoms with Crippen LogP contribution in [-0.4, -0.2) is 29.9 Å². The van der Waals surface area contributed by atoms with Crippen LogP contribution in [0.4, 0.5) is 24.5 Å². The predicted octanol–water partition coefficient (Wildman–Crippen LogP) is 7.10. The monoisotopic (exact) mass is 560 g/mol. The second-order valence-corrected chi connectivity index (χ2v) is 9.54. The first-order valence-corrected chi connectivity index (χ1v) is 13.3. The predicted molar refractivity (Wildman–Crippen MR) is 155 cm³/mol. The maximum Gasteiger partial charge on any atom is 0.416 e. The minimum atomic E-state index is -4.47. The summed E-state index contributed by atoms with van der Waals surface area (Å²) in [6.45, 7) is 7.48. The number of anilines is 2. The highest BCUT2D eigenvalue weighted by atomic mass is 19.4. The first kappa shape index (κ1) is 29.3. The molecule has 2 amide bonds. The average Bonchev–Trinajstić information content (AvgIpc) is 2.97. The summed E-state index contributed by atoms with van der Waals surface area (Å²) in [7, 11) is 0. The third-order valence-corrected chi connectivity index (χ3v) is 6.67. The summed E-state index contributed by atoms with van der Waals surface area (Å²) in [6.07, 6.45) is -2.98. The molecule has 0 radical (unpaired) electrons. The van der Waals surface area contributed by atoms with Crippen molar-refractivity contribution < 1.29 is 22.8 Å². The van der Waals surface area contributed by atoms with Gasteiger partial charge in [0.25, 0.3) is 11.8 Å². The van der Waals surface area contributed by atoms with E-state index in [9.17, 15) is 22.8 Å². The van der Waals surface area contributed by atoms with Crippen molar-refractivity contribution in [2.75, 3.05) is 23.3 Å². The summed E-state index contributed by atoms with van der Waals surface area (Å²) in [5.74, 6) is -0.739. The summed E-state index contributed by atoms with van der Waals surface area (Å²) in [4.78, 5) is 32.7. The SMILES string of the molecule is CCN(CC)c1ccc(NC(=O)c2cccc(C)c2)c(-c2cc(C(=O)NCc3cccc(C(F)(F)F)c3)ccn2)c1. The lowest BCUT2D eigenvalue weighted by molar-refractivity contribution is -0.137. The van der Waals surface area contributed by atoms with Gasteiger partial charge in [0.1, 0.15) is 0 Å². The van der Waals surface area contributed by atoms with Gasteiger partial charge in [-0.05, 0) is 80.9 Å². The van der Waals surface area contributed by atoms with Gasteiger partial charge in [0, 0.05) is 48.2 Å². The zero-order chi connectivity index (χ0) is 29.6. The molecular formula is C32H31F3N4O2. The number of halogens is 3. The molecule has 6 nitrogen and oxygen atoms in total. The molecule has 1 aromatic heterocycles. The van der Waals surface area contributed by atoms with Crippen LogP contribution < -0.4 is 15.5 Å². The molecule has 9 heteroatoms. The Morgan fingerprint density at radius 1 is 0.854 bits per heavy atom. The lowest BCUT2D eigenvalue weighted by atomic mass is 10.0. The Hall–Kier alpha value is -4.66. The number of rotatable bonds is 9. The van der Waals surface area contributed by atoms with Gasteiger partial charge in [-0.1, -0.05) is 29.8 Å². The molecule has 0 aliphatic heterocycles. The van der Waals surface area contributed by atoms with E-state index in [2.05, 4.69) is 20.5 Å². The third kappa shape index (κ3) is 7.30. The van der Waals surface area contributed by atoms with Gasteiger partial charge in [0.05, 0.1) is 16.9 Å². The first-order valence-electron chi connectivity index (χ1n) is 13.3. The molecule has 3 aromatic carbocycles. The number of alkyl halides is 3. The minimum absolute atomic E-state index is 0.0738. The fourth-order valence-electron chi connectivity index (χ4n) is 4.48. The molecule has 4 aromatic rings. The lowest BCUT2D eigenvalue weighted by Crippen LogP contribution is -2.23. The Kier molecular flexibility index (Phi) is 9.07. The van der Waals surface area contributed by atoms with Crippen molar-refractivity contribution in [1.29, 1.82) is 0 Å². The number of nitrogens with one attached hydrogen (secondary N) is 2. The fraction of sp³-hybridized carbons (Fsp3) is 0.219. The van der Waals surface area contributed by atoms with Crippen molar-refractivity contribution in [3.63, 3.8) is 0 Å². The maximum atomic E-state index is 13.1. The minimum Gasteiger partial charge on any atom is -0.372 e. The molecule has 212 valence electrons. The van der Waals surface area contributed by atoms with Gasteiger partial charge in [0.15, 0.2) is 0 Å². The zero-order valence-corrected chi connectivity index (χ0v) is 23.0. The van der Waals surface area contributed by atoms with Crippen molar-refractivity contribution in [3.05, 3.63) is 113 Å². The van der Waals surface area contributed by atoms with Crippen LogP contribution in [0.1, 0.15) is 51.3 Å². The normalized spacial score (nSPS) is 11.2. The summed E-state index contributed by atoms with van der Waals surface area (Å²) < 4.78 is 39.2. The van der Waals surface area contributed by atoms with Crippen molar-refractivity contribution in [2.45, 2.75) is 33.5 Å².